The van der Waals surface area contributed by atoms with Crippen LogP contribution in [0.25, 0.3) is 10.9 Å². The topological polar surface area (TPSA) is 52.1 Å². The monoisotopic (exact) mass is 264 g/mol. The van der Waals surface area contributed by atoms with Gasteiger partial charge in [-0.2, -0.15) is 0 Å². The maximum absolute atomic E-state index is 11.6. The highest BCUT2D eigenvalue weighted by molar-refractivity contribution is 5.96. The smallest absolute Gasteiger partial charge is 0.230 e. The average molecular weight is 264 g/mol. The lowest BCUT2D eigenvalue weighted by Crippen LogP contribution is -1.99. The Morgan fingerprint density at radius 1 is 1.00 bits per heavy atom. The van der Waals surface area contributed by atoms with Gasteiger partial charge in [0.25, 0.3) is 0 Å². The van der Waals surface area contributed by atoms with Gasteiger partial charge >= 0.3 is 0 Å². The number of rotatable bonds is 3. The molecular weight excluding hydrogens is 252 g/mol. The van der Waals surface area contributed by atoms with E-state index in [-0.39, 0.29) is 5.78 Å². The van der Waals surface area contributed by atoms with Crippen molar-refractivity contribution >= 4 is 16.7 Å². The number of fused-ring (bicyclic) bond motifs is 1. The van der Waals surface area contributed by atoms with E-state index in [1.165, 1.54) is 6.92 Å². The van der Waals surface area contributed by atoms with Crippen LogP contribution in [0.1, 0.15) is 17.3 Å². The number of ketones is 1. The molecule has 0 N–H and O–H groups in total. The number of hydrogen-bond acceptors (Lipinski definition) is 4. The zero-order valence-corrected chi connectivity index (χ0v) is 10.9. The number of hydrogen-bond donors (Lipinski definition) is 0. The highest BCUT2D eigenvalue weighted by Gasteiger charge is 2.12. The van der Waals surface area contributed by atoms with Gasteiger partial charge in [-0.05, 0) is 31.2 Å². The zero-order valence-electron chi connectivity index (χ0n) is 10.9. The second kappa shape index (κ2) is 5.09. The SMILES string of the molecule is CC(=O)c1cccnc1Oc1cccc2cccnc12. The lowest BCUT2D eigenvalue weighted by Gasteiger charge is -2.09. The van der Waals surface area contributed by atoms with Gasteiger partial charge < -0.3 is 4.74 Å². The minimum atomic E-state index is -0.0821. The van der Waals surface area contributed by atoms with E-state index in [0.29, 0.717) is 17.2 Å². The van der Waals surface area contributed by atoms with E-state index in [4.69, 9.17) is 4.74 Å². The van der Waals surface area contributed by atoms with Crippen LogP contribution >= 0.6 is 0 Å². The number of para-hydroxylation sites is 1. The summed E-state index contributed by atoms with van der Waals surface area (Å²) in [6.45, 7) is 1.49. The minimum absolute atomic E-state index is 0.0821. The molecule has 0 amide bonds. The number of pyridine rings is 2. The normalized spacial score (nSPS) is 10.4. The largest absolute Gasteiger partial charge is 0.436 e. The van der Waals surface area contributed by atoms with E-state index in [1.807, 2.05) is 30.3 Å². The molecule has 0 fully saturated rings. The Hall–Kier alpha value is -2.75. The van der Waals surface area contributed by atoms with Gasteiger partial charge in [-0.3, -0.25) is 9.78 Å². The fourth-order valence-corrected chi connectivity index (χ4v) is 2.00. The van der Waals surface area contributed by atoms with Gasteiger partial charge in [-0.1, -0.05) is 18.2 Å². The lowest BCUT2D eigenvalue weighted by molar-refractivity contribution is 0.101. The van der Waals surface area contributed by atoms with Crippen molar-refractivity contribution < 1.29 is 9.53 Å². The van der Waals surface area contributed by atoms with E-state index in [9.17, 15) is 4.79 Å². The molecule has 3 aromatic rings. The molecule has 0 unspecified atom stereocenters. The van der Waals surface area contributed by atoms with Crippen LogP contribution in [-0.2, 0) is 0 Å². The average Bonchev–Trinajstić information content (AvgIpc) is 2.48. The Morgan fingerprint density at radius 2 is 1.75 bits per heavy atom. The summed E-state index contributed by atoms with van der Waals surface area (Å²) in [5.41, 5.74) is 1.20. The lowest BCUT2D eigenvalue weighted by atomic mass is 10.2. The minimum Gasteiger partial charge on any atom is -0.436 e. The first-order valence-corrected chi connectivity index (χ1v) is 6.23. The van der Waals surface area contributed by atoms with Crippen molar-refractivity contribution in [2.45, 2.75) is 6.92 Å². The van der Waals surface area contributed by atoms with Gasteiger partial charge in [0.15, 0.2) is 11.5 Å². The number of ether oxygens (including phenoxy) is 1. The summed E-state index contributed by atoms with van der Waals surface area (Å²) in [6, 6.07) is 12.9. The van der Waals surface area contributed by atoms with Gasteiger partial charge in [0.2, 0.25) is 5.88 Å². The third kappa shape index (κ3) is 2.23. The number of carbonyl (C=O) groups is 1. The van der Waals surface area contributed by atoms with E-state index in [2.05, 4.69) is 9.97 Å². The van der Waals surface area contributed by atoms with Crippen LogP contribution in [0.5, 0.6) is 11.6 Å². The van der Waals surface area contributed by atoms with Crippen molar-refractivity contribution in [1.29, 1.82) is 0 Å². The quantitative estimate of drug-likeness (QED) is 0.678. The van der Waals surface area contributed by atoms with Gasteiger partial charge in [-0.15, -0.1) is 0 Å². The standard InChI is InChI=1S/C16H12N2O2/c1-11(19)13-7-4-10-18-16(13)20-14-8-2-5-12-6-3-9-17-15(12)14/h2-10H,1H3. The first-order chi connectivity index (χ1) is 9.75. The van der Waals surface area contributed by atoms with Crippen molar-refractivity contribution in [3.8, 4) is 11.6 Å². The summed E-state index contributed by atoms with van der Waals surface area (Å²) in [7, 11) is 0. The van der Waals surface area contributed by atoms with Crippen LogP contribution in [0.15, 0.2) is 54.9 Å². The molecular formula is C16H12N2O2. The second-order valence-corrected chi connectivity index (χ2v) is 4.35. The molecule has 0 radical (unpaired) electrons. The second-order valence-electron chi connectivity index (χ2n) is 4.35. The Kier molecular flexibility index (Phi) is 3.13. The molecule has 0 bridgehead atoms. The number of aromatic nitrogens is 2. The third-order valence-electron chi connectivity index (χ3n) is 2.95. The molecule has 0 aliphatic rings. The van der Waals surface area contributed by atoms with Crippen molar-refractivity contribution in [3.05, 3.63) is 60.4 Å². The van der Waals surface area contributed by atoms with Crippen LogP contribution in [0.4, 0.5) is 0 Å². The van der Waals surface area contributed by atoms with Crippen molar-refractivity contribution in [2.75, 3.05) is 0 Å². The molecule has 4 nitrogen and oxygen atoms in total. The molecule has 0 saturated heterocycles. The Morgan fingerprint density at radius 3 is 2.60 bits per heavy atom. The van der Waals surface area contributed by atoms with E-state index in [0.717, 1.165) is 10.9 Å². The van der Waals surface area contributed by atoms with Crippen LogP contribution in [0, 0.1) is 0 Å². The Labute approximate surface area is 116 Å². The predicted octanol–water partition coefficient (Wildman–Crippen LogP) is 3.62. The van der Waals surface area contributed by atoms with Crippen molar-refractivity contribution in [1.82, 2.24) is 9.97 Å². The summed E-state index contributed by atoms with van der Waals surface area (Å²) < 4.78 is 5.79. The molecule has 98 valence electrons. The van der Waals surface area contributed by atoms with E-state index >= 15 is 0 Å². The maximum atomic E-state index is 11.6. The highest BCUT2D eigenvalue weighted by Crippen LogP contribution is 2.28. The molecule has 2 heterocycles. The number of Topliss-reactive ketones (excluding diaryl/α,β-unsaturated/α-hetero) is 1. The van der Waals surface area contributed by atoms with Crippen LogP contribution < -0.4 is 4.74 Å². The summed E-state index contributed by atoms with van der Waals surface area (Å²) in [5.74, 6) is 0.809. The van der Waals surface area contributed by atoms with Gasteiger partial charge in [0, 0.05) is 17.8 Å². The predicted molar refractivity (Wildman–Crippen MR) is 76.1 cm³/mol. The number of carbonyl (C=O) groups excluding carboxylic acids is 1. The number of benzene rings is 1. The summed E-state index contributed by atoms with van der Waals surface area (Å²) in [5, 5.41) is 0.977. The first-order valence-electron chi connectivity index (χ1n) is 6.23. The molecule has 3 rings (SSSR count). The highest BCUT2D eigenvalue weighted by atomic mass is 16.5. The fraction of sp³-hybridized carbons (Fsp3) is 0.0625. The molecule has 1 aromatic carbocycles. The first kappa shape index (κ1) is 12.3. The zero-order chi connectivity index (χ0) is 13.9. The molecule has 0 atom stereocenters. The van der Waals surface area contributed by atoms with Crippen molar-refractivity contribution in [3.63, 3.8) is 0 Å². The maximum Gasteiger partial charge on any atom is 0.230 e. The van der Waals surface area contributed by atoms with Crippen LogP contribution in [-0.4, -0.2) is 15.8 Å². The Balaban J connectivity index is 2.08. The summed E-state index contributed by atoms with van der Waals surface area (Å²) in [4.78, 5) is 20.0. The third-order valence-corrected chi connectivity index (χ3v) is 2.95. The van der Waals surface area contributed by atoms with Gasteiger partial charge in [0.05, 0.1) is 5.56 Å². The molecule has 20 heavy (non-hydrogen) atoms. The fourth-order valence-electron chi connectivity index (χ4n) is 2.00. The van der Waals surface area contributed by atoms with Crippen LogP contribution in [0.2, 0.25) is 0 Å². The molecule has 4 heteroatoms. The summed E-state index contributed by atoms with van der Waals surface area (Å²) in [6.07, 6.45) is 3.31. The molecule has 0 aliphatic heterocycles. The van der Waals surface area contributed by atoms with E-state index in [1.54, 1.807) is 24.5 Å². The summed E-state index contributed by atoms with van der Waals surface area (Å²) >= 11 is 0. The van der Waals surface area contributed by atoms with Gasteiger partial charge in [-0.25, -0.2) is 4.98 Å². The van der Waals surface area contributed by atoms with Crippen LogP contribution in [0.3, 0.4) is 0 Å². The molecule has 2 aromatic heterocycles. The van der Waals surface area contributed by atoms with Crippen molar-refractivity contribution in [2.24, 2.45) is 0 Å². The Bertz CT molecular complexity index is 779. The molecule has 0 aliphatic carbocycles. The molecule has 0 saturated carbocycles. The molecule has 0 spiro atoms. The van der Waals surface area contributed by atoms with E-state index < -0.39 is 0 Å². The van der Waals surface area contributed by atoms with Gasteiger partial charge in [0.1, 0.15) is 5.52 Å². The number of nitrogens with zero attached hydrogens (tertiary/aromatic N) is 2.